The summed E-state index contributed by atoms with van der Waals surface area (Å²) in [4.78, 5) is 40.0. The number of esters is 1. The zero-order chi connectivity index (χ0) is 28.2. The van der Waals surface area contributed by atoms with E-state index in [-0.39, 0.29) is 19.3 Å². The number of carbonyl (C=O) groups is 3. The van der Waals surface area contributed by atoms with E-state index >= 15 is 0 Å². The van der Waals surface area contributed by atoms with E-state index in [1.54, 1.807) is 31.2 Å². The Balaban J connectivity index is 2.07. The van der Waals surface area contributed by atoms with Crippen molar-refractivity contribution in [3.63, 3.8) is 0 Å². The molecule has 2 aromatic rings. The smallest absolute Gasteiger partial charge is 0.332 e. The average Bonchev–Trinajstić information content (AvgIpc) is 2.86. The van der Waals surface area contributed by atoms with Gasteiger partial charge < -0.3 is 26.0 Å². The molecule has 0 aliphatic heterocycles. The van der Waals surface area contributed by atoms with Crippen molar-refractivity contribution in [3.8, 4) is 11.1 Å². The van der Waals surface area contributed by atoms with Crippen LogP contribution in [-0.2, 0) is 30.4 Å². The van der Waals surface area contributed by atoms with E-state index in [9.17, 15) is 23.9 Å². The van der Waals surface area contributed by atoms with Crippen molar-refractivity contribution < 1.29 is 38.6 Å². The van der Waals surface area contributed by atoms with Crippen molar-refractivity contribution in [2.45, 2.75) is 44.8 Å². The Labute approximate surface area is 223 Å². The zero-order valence-electron chi connectivity index (χ0n) is 20.6. The molecule has 11 nitrogen and oxygen atoms in total. The number of hydrazine groups is 1. The van der Waals surface area contributed by atoms with Gasteiger partial charge in [-0.1, -0.05) is 42.8 Å². The number of carboxylic acid groups (broad SMARTS) is 1. The summed E-state index contributed by atoms with van der Waals surface area (Å²) in [7, 11) is 0. The molecule has 0 spiro atoms. The summed E-state index contributed by atoms with van der Waals surface area (Å²) in [5.41, 5.74) is 6.90. The van der Waals surface area contributed by atoms with Crippen LogP contribution in [0.5, 0.6) is 0 Å². The predicted molar refractivity (Wildman–Crippen MR) is 136 cm³/mol. The topological polar surface area (TPSA) is 177 Å². The van der Waals surface area contributed by atoms with Crippen LogP contribution in [0.3, 0.4) is 0 Å². The van der Waals surface area contributed by atoms with Gasteiger partial charge in [0.15, 0.2) is 6.10 Å². The summed E-state index contributed by atoms with van der Waals surface area (Å²) < 4.78 is 19.0. The number of rotatable bonds is 14. The Bertz CT molecular complexity index is 1150. The Morgan fingerprint density at radius 1 is 1.21 bits per heavy atom. The van der Waals surface area contributed by atoms with Gasteiger partial charge in [0.1, 0.15) is 11.5 Å². The lowest BCUT2D eigenvalue weighted by Crippen LogP contribution is -2.43. The molecule has 13 heteroatoms. The zero-order valence-corrected chi connectivity index (χ0v) is 21.4. The van der Waals surface area contributed by atoms with E-state index in [2.05, 4.69) is 5.32 Å². The molecular weight excluding hydrogens is 523 g/mol. The molecule has 0 fully saturated rings. The van der Waals surface area contributed by atoms with Crippen molar-refractivity contribution in [1.29, 1.82) is 0 Å². The third kappa shape index (κ3) is 9.98. The molecule has 2 aromatic carbocycles. The molecule has 0 saturated heterocycles. The first-order chi connectivity index (χ1) is 18.0. The average molecular weight is 553 g/mol. The first kappa shape index (κ1) is 30.5. The molecule has 2 rings (SSSR count). The molecule has 2 atom stereocenters. The van der Waals surface area contributed by atoms with Crippen LogP contribution in [0.2, 0.25) is 5.02 Å². The highest BCUT2D eigenvalue weighted by molar-refractivity contribution is 6.30. The standard InChI is InChI=1S/C25H30ClFN4O7/c1-2-3-23(33)37-14-38-31(29)13-21(28)24(34)30-18(12-22(32)25(35)36)10-15-4-6-16(7-5-15)19-11-17(26)8-9-20(19)27/h4-9,11,13,18,22,32H,2-3,10,12,14,28-29H2,1H3,(H,30,34)(H,35,36)/b21-13-/t18-,22-/m1/s1. The maximum atomic E-state index is 14.2. The van der Waals surface area contributed by atoms with Crippen LogP contribution in [0, 0.1) is 5.82 Å². The number of nitrogens with one attached hydrogen (secondary N) is 1. The predicted octanol–water partition coefficient (Wildman–Crippen LogP) is 2.22. The number of aliphatic hydroxyl groups is 1. The highest BCUT2D eigenvalue weighted by Crippen LogP contribution is 2.26. The fourth-order valence-electron chi connectivity index (χ4n) is 3.32. The molecule has 206 valence electrons. The van der Waals surface area contributed by atoms with Gasteiger partial charge in [-0.15, -0.1) is 0 Å². The molecule has 0 bridgehead atoms. The largest absolute Gasteiger partial charge is 0.479 e. The van der Waals surface area contributed by atoms with E-state index in [1.807, 2.05) is 0 Å². The fourth-order valence-corrected chi connectivity index (χ4v) is 3.49. The van der Waals surface area contributed by atoms with Gasteiger partial charge in [0.05, 0.1) is 6.20 Å². The minimum absolute atomic E-state index is 0.123. The molecule has 0 heterocycles. The lowest BCUT2D eigenvalue weighted by Gasteiger charge is -2.21. The van der Waals surface area contributed by atoms with Crippen molar-refractivity contribution in [1.82, 2.24) is 10.5 Å². The summed E-state index contributed by atoms with van der Waals surface area (Å²) in [5.74, 6) is 2.35. The van der Waals surface area contributed by atoms with E-state index in [1.165, 1.54) is 18.2 Å². The van der Waals surface area contributed by atoms with Crippen molar-refractivity contribution in [3.05, 3.63) is 70.8 Å². The number of ether oxygens (including phenoxy) is 1. The van der Waals surface area contributed by atoms with Gasteiger partial charge in [0, 0.05) is 29.5 Å². The van der Waals surface area contributed by atoms with E-state index < -0.39 is 48.3 Å². The van der Waals surface area contributed by atoms with E-state index in [4.69, 9.17) is 37.9 Å². The number of halogens is 2. The molecule has 0 aromatic heterocycles. The molecule has 0 unspecified atom stereocenters. The second kappa shape index (κ2) is 14.9. The van der Waals surface area contributed by atoms with Crippen molar-refractivity contribution in [2.24, 2.45) is 11.6 Å². The van der Waals surface area contributed by atoms with Gasteiger partial charge in [0.25, 0.3) is 5.91 Å². The number of hydrogen-bond acceptors (Lipinski definition) is 9. The Kier molecular flexibility index (Phi) is 12.0. The molecule has 38 heavy (non-hydrogen) atoms. The number of nitrogens with two attached hydrogens (primary N) is 2. The molecule has 0 aliphatic carbocycles. The number of hydroxylamine groups is 1. The quantitative estimate of drug-likeness (QED) is 0.0767. The van der Waals surface area contributed by atoms with Crippen LogP contribution < -0.4 is 16.9 Å². The lowest BCUT2D eigenvalue weighted by molar-refractivity contribution is -0.205. The third-order valence-electron chi connectivity index (χ3n) is 5.21. The van der Waals surface area contributed by atoms with E-state index in [0.29, 0.717) is 33.3 Å². The SMILES string of the molecule is CCCC(=O)OCON(N)/C=C(\N)C(=O)N[C@H](Cc1ccc(-c2cc(Cl)ccc2F)cc1)C[C@@H](O)C(=O)O. The monoisotopic (exact) mass is 552 g/mol. The Morgan fingerprint density at radius 2 is 1.89 bits per heavy atom. The van der Waals surface area contributed by atoms with Gasteiger partial charge >= 0.3 is 11.9 Å². The molecular formula is C25H30ClFN4O7. The van der Waals surface area contributed by atoms with Crippen LogP contribution in [0.25, 0.3) is 11.1 Å². The number of carboxylic acids is 1. The maximum Gasteiger partial charge on any atom is 0.332 e. The second-order valence-corrected chi connectivity index (χ2v) is 8.68. The van der Waals surface area contributed by atoms with Gasteiger partial charge in [-0.05, 0) is 42.2 Å². The number of aliphatic hydroxyl groups excluding tert-OH is 1. The van der Waals surface area contributed by atoms with Crippen LogP contribution in [0.15, 0.2) is 54.4 Å². The lowest BCUT2D eigenvalue weighted by atomic mass is 9.97. The summed E-state index contributed by atoms with van der Waals surface area (Å²) >= 11 is 5.96. The van der Waals surface area contributed by atoms with Crippen LogP contribution in [0.1, 0.15) is 31.7 Å². The number of hydrogen-bond donors (Lipinski definition) is 5. The van der Waals surface area contributed by atoms with Crippen molar-refractivity contribution >= 4 is 29.4 Å². The third-order valence-corrected chi connectivity index (χ3v) is 5.44. The molecule has 0 saturated carbocycles. The summed E-state index contributed by atoms with van der Waals surface area (Å²) in [5, 5.41) is 22.5. The van der Waals surface area contributed by atoms with Crippen LogP contribution in [0.4, 0.5) is 4.39 Å². The molecule has 1 amide bonds. The second-order valence-electron chi connectivity index (χ2n) is 8.24. The summed E-state index contributed by atoms with van der Waals surface area (Å²) in [6.07, 6.45) is -0.217. The first-order valence-electron chi connectivity index (χ1n) is 11.6. The Hall–Kier alpha value is -3.71. The number of benzene rings is 2. The first-order valence-corrected chi connectivity index (χ1v) is 11.9. The minimum atomic E-state index is -1.75. The number of aliphatic carboxylic acids is 1. The van der Waals surface area contributed by atoms with Crippen LogP contribution in [-0.4, -0.2) is 52.2 Å². The number of amides is 1. The summed E-state index contributed by atoms with van der Waals surface area (Å²) in [6.45, 7) is 1.31. The molecule has 0 radical (unpaired) electrons. The van der Waals surface area contributed by atoms with Crippen LogP contribution >= 0.6 is 11.6 Å². The number of nitrogens with zero attached hydrogens (tertiary/aromatic N) is 1. The highest BCUT2D eigenvalue weighted by Gasteiger charge is 2.23. The highest BCUT2D eigenvalue weighted by atomic mass is 35.5. The van der Waals surface area contributed by atoms with Gasteiger partial charge in [-0.2, -0.15) is 5.17 Å². The fraction of sp³-hybridized carbons (Fsp3) is 0.320. The molecule has 0 aliphatic rings. The van der Waals surface area contributed by atoms with Gasteiger partial charge in [-0.3, -0.25) is 9.59 Å². The number of carbonyl (C=O) groups excluding carboxylic acids is 2. The normalized spacial score (nSPS) is 12.9. The van der Waals surface area contributed by atoms with E-state index in [0.717, 1.165) is 6.20 Å². The maximum absolute atomic E-state index is 14.2. The molecule has 7 N–H and O–H groups in total. The minimum Gasteiger partial charge on any atom is -0.479 e. The van der Waals surface area contributed by atoms with Crippen molar-refractivity contribution in [2.75, 3.05) is 6.79 Å². The Morgan fingerprint density at radius 3 is 2.53 bits per heavy atom. The van der Waals surface area contributed by atoms with Gasteiger partial charge in [-0.25, -0.2) is 19.9 Å². The summed E-state index contributed by atoms with van der Waals surface area (Å²) in [6, 6.07) is 10.0. The van der Waals surface area contributed by atoms with Gasteiger partial charge in [0.2, 0.25) is 6.79 Å².